The molecular formula is C18H18N2O6. The van der Waals surface area contributed by atoms with Crippen LogP contribution in [0.2, 0.25) is 0 Å². The first-order valence-corrected chi connectivity index (χ1v) is 7.87. The van der Waals surface area contributed by atoms with Crippen molar-refractivity contribution in [1.29, 1.82) is 0 Å². The van der Waals surface area contributed by atoms with E-state index in [0.717, 1.165) is 11.1 Å². The Morgan fingerprint density at radius 3 is 2.15 bits per heavy atom. The molecule has 0 spiro atoms. The van der Waals surface area contributed by atoms with E-state index in [-0.39, 0.29) is 5.69 Å². The highest BCUT2D eigenvalue weighted by Gasteiger charge is 2.19. The number of carbonyl (C=O) groups is 2. The molecule has 0 N–H and O–H groups in total. The van der Waals surface area contributed by atoms with Gasteiger partial charge in [-0.05, 0) is 36.1 Å². The molecule has 1 aromatic heterocycles. The lowest BCUT2D eigenvalue weighted by molar-refractivity contribution is -0.384. The Labute approximate surface area is 149 Å². The molecule has 0 unspecified atom stereocenters. The van der Waals surface area contributed by atoms with Gasteiger partial charge in [0, 0.05) is 32.2 Å². The number of hydrogen-bond acceptors (Lipinski definition) is 7. The summed E-state index contributed by atoms with van der Waals surface area (Å²) in [6.45, 7) is 2.43. The van der Waals surface area contributed by atoms with Crippen LogP contribution in [0.3, 0.4) is 0 Å². The number of nitro groups is 1. The summed E-state index contributed by atoms with van der Waals surface area (Å²) in [6, 6.07) is 9.84. The van der Waals surface area contributed by atoms with Crippen molar-refractivity contribution in [3.05, 3.63) is 69.5 Å². The molecule has 0 radical (unpaired) electrons. The predicted octanol–water partition coefficient (Wildman–Crippen LogP) is 2.90. The Morgan fingerprint density at radius 2 is 1.62 bits per heavy atom. The smallest absolute Gasteiger partial charge is 0.306 e. The maximum absolute atomic E-state index is 11.2. The Bertz CT molecular complexity index is 788. The van der Waals surface area contributed by atoms with Gasteiger partial charge in [-0.2, -0.15) is 0 Å². The number of nitro benzene ring substituents is 1. The molecule has 0 fully saturated rings. The van der Waals surface area contributed by atoms with Crippen molar-refractivity contribution in [2.75, 3.05) is 0 Å². The van der Waals surface area contributed by atoms with E-state index in [4.69, 9.17) is 9.47 Å². The number of ether oxygens (including phenoxy) is 2. The van der Waals surface area contributed by atoms with E-state index in [0.29, 0.717) is 18.5 Å². The molecule has 2 rings (SSSR count). The molecule has 8 heteroatoms. The molecule has 1 heterocycles. The molecule has 26 heavy (non-hydrogen) atoms. The molecule has 0 atom stereocenters. The SMILES string of the molecule is CC(=O)OC(OC(C)=O)c1cc(CCc2ccc([N+](=O)[O-])cc2)ccn1. The Kier molecular flexibility index (Phi) is 6.37. The molecule has 1 aromatic carbocycles. The second kappa shape index (κ2) is 8.70. The first-order valence-electron chi connectivity index (χ1n) is 7.87. The molecule has 8 nitrogen and oxygen atoms in total. The summed E-state index contributed by atoms with van der Waals surface area (Å²) < 4.78 is 9.98. The largest absolute Gasteiger partial charge is 0.419 e. The van der Waals surface area contributed by atoms with Crippen molar-refractivity contribution in [2.45, 2.75) is 33.0 Å². The minimum Gasteiger partial charge on any atom is -0.419 e. The van der Waals surface area contributed by atoms with Crippen molar-refractivity contribution in [2.24, 2.45) is 0 Å². The van der Waals surface area contributed by atoms with Gasteiger partial charge in [-0.25, -0.2) is 0 Å². The number of esters is 2. The molecule has 0 aliphatic carbocycles. The number of benzene rings is 1. The number of nitrogens with zero attached hydrogens (tertiary/aromatic N) is 2. The van der Waals surface area contributed by atoms with E-state index < -0.39 is 23.2 Å². The zero-order valence-electron chi connectivity index (χ0n) is 14.4. The first kappa shape index (κ1) is 19.0. The molecule has 136 valence electrons. The van der Waals surface area contributed by atoms with Gasteiger partial charge in [-0.15, -0.1) is 0 Å². The van der Waals surface area contributed by atoms with Gasteiger partial charge in [-0.3, -0.25) is 24.7 Å². The number of carbonyl (C=O) groups excluding carboxylic acids is 2. The van der Waals surface area contributed by atoms with E-state index in [1.54, 1.807) is 30.5 Å². The lowest BCUT2D eigenvalue weighted by Gasteiger charge is -2.16. The molecule has 0 amide bonds. The number of aromatic nitrogens is 1. The fourth-order valence-corrected chi connectivity index (χ4v) is 2.30. The number of pyridine rings is 1. The van der Waals surface area contributed by atoms with E-state index in [1.165, 1.54) is 26.0 Å². The van der Waals surface area contributed by atoms with E-state index in [2.05, 4.69) is 4.98 Å². The summed E-state index contributed by atoms with van der Waals surface area (Å²) in [7, 11) is 0. The van der Waals surface area contributed by atoms with Crippen molar-refractivity contribution < 1.29 is 24.0 Å². The van der Waals surface area contributed by atoms with Gasteiger partial charge >= 0.3 is 11.9 Å². The Balaban J connectivity index is 2.08. The summed E-state index contributed by atoms with van der Waals surface area (Å²) in [6.07, 6.45) is 1.65. The third-order valence-electron chi connectivity index (χ3n) is 3.48. The Morgan fingerprint density at radius 1 is 1.04 bits per heavy atom. The third kappa shape index (κ3) is 5.66. The summed E-state index contributed by atoms with van der Waals surface area (Å²) in [5.41, 5.74) is 2.21. The predicted molar refractivity (Wildman–Crippen MR) is 91.0 cm³/mol. The number of non-ortho nitro benzene ring substituents is 1. The minimum atomic E-state index is -1.19. The van der Waals surface area contributed by atoms with Gasteiger partial charge in [-0.1, -0.05) is 12.1 Å². The summed E-state index contributed by atoms with van der Waals surface area (Å²) in [5.74, 6) is -1.18. The molecule has 0 saturated carbocycles. The van der Waals surface area contributed by atoms with Crippen LogP contribution >= 0.6 is 0 Å². The van der Waals surface area contributed by atoms with E-state index in [1.807, 2.05) is 0 Å². The maximum atomic E-state index is 11.2. The molecule has 0 aliphatic rings. The highest BCUT2D eigenvalue weighted by molar-refractivity contribution is 5.68. The van der Waals surface area contributed by atoms with Crippen LogP contribution < -0.4 is 0 Å². The number of hydrogen-bond donors (Lipinski definition) is 0. The van der Waals surface area contributed by atoms with Gasteiger partial charge < -0.3 is 9.47 Å². The van der Waals surface area contributed by atoms with E-state index in [9.17, 15) is 19.7 Å². The van der Waals surface area contributed by atoms with Crippen LogP contribution in [0.5, 0.6) is 0 Å². The van der Waals surface area contributed by atoms with Crippen LogP contribution in [0.1, 0.15) is 37.0 Å². The second-order valence-corrected chi connectivity index (χ2v) is 5.56. The van der Waals surface area contributed by atoms with Crippen LogP contribution in [0.4, 0.5) is 5.69 Å². The zero-order valence-corrected chi connectivity index (χ0v) is 14.4. The van der Waals surface area contributed by atoms with Crippen molar-refractivity contribution in [3.8, 4) is 0 Å². The monoisotopic (exact) mass is 358 g/mol. The summed E-state index contributed by atoms with van der Waals surface area (Å²) in [5, 5.41) is 10.7. The normalized spacial score (nSPS) is 10.4. The quantitative estimate of drug-likeness (QED) is 0.324. The van der Waals surface area contributed by atoms with Crippen molar-refractivity contribution >= 4 is 17.6 Å². The lowest BCUT2D eigenvalue weighted by atomic mass is 10.0. The third-order valence-corrected chi connectivity index (χ3v) is 3.48. The average molecular weight is 358 g/mol. The Hall–Kier alpha value is -3.29. The van der Waals surface area contributed by atoms with Crippen molar-refractivity contribution in [3.63, 3.8) is 0 Å². The minimum absolute atomic E-state index is 0.0468. The van der Waals surface area contributed by atoms with Crippen molar-refractivity contribution in [1.82, 2.24) is 4.98 Å². The summed E-state index contributed by atoms with van der Waals surface area (Å²) >= 11 is 0. The van der Waals surface area contributed by atoms with Crippen LogP contribution in [0.25, 0.3) is 0 Å². The van der Waals surface area contributed by atoms with Gasteiger partial charge in [0.2, 0.25) is 0 Å². The van der Waals surface area contributed by atoms with Gasteiger partial charge in [0.05, 0.1) is 4.92 Å². The zero-order chi connectivity index (χ0) is 19.1. The van der Waals surface area contributed by atoms with E-state index >= 15 is 0 Å². The number of rotatable bonds is 7. The van der Waals surface area contributed by atoms with Crippen LogP contribution in [0.15, 0.2) is 42.6 Å². The lowest BCUT2D eigenvalue weighted by Crippen LogP contribution is -2.16. The molecule has 0 saturated heterocycles. The summed E-state index contributed by atoms with van der Waals surface area (Å²) in [4.78, 5) is 36.7. The fraction of sp³-hybridized carbons (Fsp3) is 0.278. The molecule has 0 aliphatic heterocycles. The molecule has 0 bridgehead atoms. The highest BCUT2D eigenvalue weighted by Crippen LogP contribution is 2.20. The topological polar surface area (TPSA) is 109 Å². The molecule has 2 aromatic rings. The second-order valence-electron chi connectivity index (χ2n) is 5.56. The first-order chi connectivity index (χ1) is 12.3. The highest BCUT2D eigenvalue weighted by atomic mass is 16.7. The average Bonchev–Trinajstić information content (AvgIpc) is 2.59. The molecular weight excluding hydrogens is 340 g/mol. The van der Waals surface area contributed by atoms with Gasteiger partial charge in [0.15, 0.2) is 0 Å². The van der Waals surface area contributed by atoms with Gasteiger partial charge in [0.1, 0.15) is 5.69 Å². The maximum Gasteiger partial charge on any atom is 0.306 e. The standard InChI is InChI=1S/C18H18N2O6/c1-12(21)25-18(26-13(2)22)17-11-15(9-10-19-17)4-3-14-5-7-16(8-6-14)20(23)24/h5-11,18H,3-4H2,1-2H3. The number of aryl methyl sites for hydroxylation is 2. The van der Waals surface area contributed by atoms with Crippen LogP contribution in [0, 0.1) is 10.1 Å². The van der Waals surface area contributed by atoms with Gasteiger partial charge in [0.25, 0.3) is 12.0 Å². The van der Waals surface area contributed by atoms with Crippen LogP contribution in [-0.4, -0.2) is 21.8 Å². The fourth-order valence-electron chi connectivity index (χ4n) is 2.30. The van der Waals surface area contributed by atoms with Crippen LogP contribution in [-0.2, 0) is 31.9 Å².